The number of likely N-dealkylation sites (N-methyl/N-ethyl adjacent to an activating group) is 1. The molecule has 1 saturated heterocycles. The fourth-order valence-corrected chi connectivity index (χ4v) is 2.33. The van der Waals surface area contributed by atoms with Gasteiger partial charge in [-0.15, -0.1) is 0 Å². The van der Waals surface area contributed by atoms with Gasteiger partial charge in [-0.05, 0) is 24.7 Å². The van der Waals surface area contributed by atoms with E-state index in [4.69, 9.17) is 0 Å². The summed E-state index contributed by atoms with van der Waals surface area (Å²) >= 11 is 0. The fourth-order valence-electron chi connectivity index (χ4n) is 2.33. The fraction of sp³-hybridized carbons (Fsp3) is 0.846. The molecule has 104 valence electrons. The van der Waals surface area contributed by atoms with Crippen molar-refractivity contribution in [2.75, 3.05) is 33.7 Å². The molecular weight excluding hydrogens is 230 g/mol. The standard InChI is InChI=1S/C13H25N3O2/c1-10-5-6-16(9-11(2)7-10)13(18)14-8-12(17)15(3)4/h10-11H,5-9H2,1-4H3,(H,14,18). The summed E-state index contributed by atoms with van der Waals surface area (Å²) in [4.78, 5) is 26.7. The van der Waals surface area contributed by atoms with Crippen LogP contribution in [0.3, 0.4) is 0 Å². The predicted octanol–water partition coefficient (Wildman–Crippen LogP) is 1.15. The lowest BCUT2D eigenvalue weighted by Crippen LogP contribution is -2.45. The summed E-state index contributed by atoms with van der Waals surface area (Å²) in [6, 6.07) is -0.119. The van der Waals surface area contributed by atoms with Crippen molar-refractivity contribution in [3.05, 3.63) is 0 Å². The molecule has 0 aliphatic carbocycles. The molecule has 0 bridgehead atoms. The van der Waals surface area contributed by atoms with Gasteiger partial charge in [-0.2, -0.15) is 0 Å². The van der Waals surface area contributed by atoms with Crippen molar-refractivity contribution in [2.45, 2.75) is 26.7 Å². The molecule has 0 saturated carbocycles. The first-order valence-corrected chi connectivity index (χ1v) is 6.63. The second-order valence-corrected chi connectivity index (χ2v) is 5.63. The Morgan fingerprint density at radius 3 is 2.56 bits per heavy atom. The van der Waals surface area contributed by atoms with Gasteiger partial charge in [0.05, 0.1) is 6.54 Å². The lowest BCUT2D eigenvalue weighted by atomic mass is 9.97. The average Bonchev–Trinajstić information content (AvgIpc) is 2.46. The highest BCUT2D eigenvalue weighted by atomic mass is 16.2. The van der Waals surface area contributed by atoms with E-state index in [2.05, 4.69) is 19.2 Å². The van der Waals surface area contributed by atoms with Gasteiger partial charge in [-0.3, -0.25) is 4.79 Å². The van der Waals surface area contributed by atoms with Crippen molar-refractivity contribution < 1.29 is 9.59 Å². The van der Waals surface area contributed by atoms with Gasteiger partial charge in [0.2, 0.25) is 5.91 Å². The first-order valence-electron chi connectivity index (χ1n) is 6.63. The molecule has 5 heteroatoms. The van der Waals surface area contributed by atoms with Crippen LogP contribution in [0, 0.1) is 11.8 Å². The highest BCUT2D eigenvalue weighted by molar-refractivity contribution is 5.83. The highest BCUT2D eigenvalue weighted by Gasteiger charge is 2.22. The summed E-state index contributed by atoms with van der Waals surface area (Å²) in [5.41, 5.74) is 0. The first-order chi connectivity index (χ1) is 8.40. The Hall–Kier alpha value is -1.26. The quantitative estimate of drug-likeness (QED) is 0.805. The first kappa shape index (κ1) is 14.8. The van der Waals surface area contributed by atoms with E-state index in [-0.39, 0.29) is 18.5 Å². The van der Waals surface area contributed by atoms with Crippen LogP contribution in [-0.4, -0.2) is 55.5 Å². The minimum atomic E-state index is -0.119. The van der Waals surface area contributed by atoms with Gasteiger partial charge in [0.1, 0.15) is 0 Å². The molecule has 0 aromatic carbocycles. The third-order valence-electron chi connectivity index (χ3n) is 3.41. The molecule has 2 atom stereocenters. The molecule has 1 heterocycles. The van der Waals surface area contributed by atoms with Crippen LogP contribution in [0.15, 0.2) is 0 Å². The van der Waals surface area contributed by atoms with E-state index in [0.717, 1.165) is 19.5 Å². The number of carbonyl (C=O) groups excluding carboxylic acids is 2. The third kappa shape index (κ3) is 4.55. The Kier molecular flexibility index (Phi) is 5.44. The third-order valence-corrected chi connectivity index (χ3v) is 3.41. The molecule has 0 aromatic heterocycles. The van der Waals surface area contributed by atoms with Crippen LogP contribution in [0.4, 0.5) is 4.79 Å². The average molecular weight is 255 g/mol. The van der Waals surface area contributed by atoms with Crippen LogP contribution in [0.1, 0.15) is 26.7 Å². The normalized spacial score (nSPS) is 24.3. The second-order valence-electron chi connectivity index (χ2n) is 5.63. The topological polar surface area (TPSA) is 52.7 Å². The van der Waals surface area contributed by atoms with Gasteiger partial charge in [-0.25, -0.2) is 4.79 Å². The van der Waals surface area contributed by atoms with E-state index in [1.54, 1.807) is 14.1 Å². The molecule has 1 N–H and O–H groups in total. The molecule has 5 nitrogen and oxygen atoms in total. The lowest BCUT2D eigenvalue weighted by molar-refractivity contribution is -0.127. The van der Waals surface area contributed by atoms with Gasteiger partial charge in [-0.1, -0.05) is 13.8 Å². The molecular formula is C13H25N3O2. The van der Waals surface area contributed by atoms with Crippen LogP contribution in [-0.2, 0) is 4.79 Å². The minimum absolute atomic E-state index is 0.0757. The SMILES string of the molecule is CC1CCN(C(=O)NCC(=O)N(C)C)CC(C)C1. The van der Waals surface area contributed by atoms with E-state index in [1.165, 1.54) is 11.3 Å². The summed E-state index contributed by atoms with van der Waals surface area (Å²) in [6.45, 7) is 6.05. The number of amides is 3. The predicted molar refractivity (Wildman–Crippen MR) is 71.2 cm³/mol. The van der Waals surface area contributed by atoms with Crippen LogP contribution in [0.5, 0.6) is 0 Å². The van der Waals surface area contributed by atoms with E-state index < -0.39 is 0 Å². The van der Waals surface area contributed by atoms with E-state index in [9.17, 15) is 9.59 Å². The Balaban J connectivity index is 2.43. The molecule has 3 amide bonds. The molecule has 2 unspecified atom stereocenters. The zero-order valence-corrected chi connectivity index (χ0v) is 11.9. The van der Waals surface area contributed by atoms with E-state index in [1.807, 2.05) is 4.90 Å². The Morgan fingerprint density at radius 2 is 1.94 bits per heavy atom. The van der Waals surface area contributed by atoms with Crippen molar-refractivity contribution in [3.63, 3.8) is 0 Å². The summed E-state index contributed by atoms with van der Waals surface area (Å²) < 4.78 is 0. The molecule has 1 fully saturated rings. The Labute approximate surface area is 110 Å². The van der Waals surface area contributed by atoms with Gasteiger partial charge in [0.15, 0.2) is 0 Å². The largest absolute Gasteiger partial charge is 0.347 e. The van der Waals surface area contributed by atoms with Crippen LogP contribution in [0.2, 0.25) is 0 Å². The molecule has 0 spiro atoms. The zero-order valence-electron chi connectivity index (χ0n) is 11.9. The number of likely N-dealkylation sites (tertiary alicyclic amines) is 1. The number of hydrogen-bond donors (Lipinski definition) is 1. The zero-order chi connectivity index (χ0) is 13.7. The maximum atomic E-state index is 12.0. The van der Waals surface area contributed by atoms with Gasteiger partial charge in [0, 0.05) is 27.2 Å². The molecule has 1 rings (SSSR count). The summed E-state index contributed by atoms with van der Waals surface area (Å²) in [7, 11) is 3.37. The van der Waals surface area contributed by atoms with Crippen molar-refractivity contribution in [1.29, 1.82) is 0 Å². The van der Waals surface area contributed by atoms with Crippen LogP contribution >= 0.6 is 0 Å². The number of carbonyl (C=O) groups is 2. The molecule has 0 aromatic rings. The maximum absolute atomic E-state index is 12.0. The Morgan fingerprint density at radius 1 is 1.28 bits per heavy atom. The monoisotopic (exact) mass is 255 g/mol. The summed E-state index contributed by atoms with van der Waals surface area (Å²) in [5, 5.41) is 2.69. The highest BCUT2D eigenvalue weighted by Crippen LogP contribution is 2.21. The van der Waals surface area contributed by atoms with Crippen LogP contribution in [0.25, 0.3) is 0 Å². The van der Waals surface area contributed by atoms with Crippen molar-refractivity contribution >= 4 is 11.9 Å². The molecule has 0 radical (unpaired) electrons. The maximum Gasteiger partial charge on any atom is 0.317 e. The van der Waals surface area contributed by atoms with Gasteiger partial charge >= 0.3 is 6.03 Å². The van der Waals surface area contributed by atoms with Crippen molar-refractivity contribution in [2.24, 2.45) is 11.8 Å². The second kappa shape index (κ2) is 6.61. The number of nitrogens with zero attached hydrogens (tertiary/aromatic N) is 2. The van der Waals surface area contributed by atoms with Crippen molar-refractivity contribution in [3.8, 4) is 0 Å². The minimum Gasteiger partial charge on any atom is -0.347 e. The van der Waals surface area contributed by atoms with Crippen LogP contribution < -0.4 is 5.32 Å². The number of nitrogens with one attached hydrogen (secondary N) is 1. The lowest BCUT2D eigenvalue weighted by Gasteiger charge is -2.23. The molecule has 1 aliphatic rings. The van der Waals surface area contributed by atoms with Gasteiger partial charge < -0.3 is 15.1 Å². The summed E-state index contributed by atoms with van der Waals surface area (Å²) in [5.74, 6) is 1.11. The number of hydrogen-bond acceptors (Lipinski definition) is 2. The number of rotatable bonds is 2. The van der Waals surface area contributed by atoms with E-state index in [0.29, 0.717) is 11.8 Å². The van der Waals surface area contributed by atoms with Gasteiger partial charge in [0.25, 0.3) is 0 Å². The molecule has 18 heavy (non-hydrogen) atoms. The summed E-state index contributed by atoms with van der Waals surface area (Å²) in [6.07, 6.45) is 2.21. The van der Waals surface area contributed by atoms with Crippen molar-refractivity contribution in [1.82, 2.24) is 15.1 Å². The number of urea groups is 1. The Bertz CT molecular complexity index is 305. The molecule has 1 aliphatic heterocycles. The smallest absolute Gasteiger partial charge is 0.317 e. The van der Waals surface area contributed by atoms with E-state index >= 15 is 0 Å².